The number of hydrazone groups is 1. The van der Waals surface area contributed by atoms with E-state index in [1.54, 1.807) is 17.6 Å². The van der Waals surface area contributed by atoms with Gasteiger partial charge in [-0.2, -0.15) is 5.10 Å². The monoisotopic (exact) mass is 419 g/mol. The summed E-state index contributed by atoms with van der Waals surface area (Å²) < 4.78 is 2.94. The third-order valence-corrected chi connectivity index (χ3v) is 6.16. The molecule has 0 spiro atoms. The van der Waals surface area contributed by atoms with Crippen LogP contribution in [0.3, 0.4) is 0 Å². The molecule has 1 atom stereocenters. The molecule has 3 rings (SSSR count). The molecule has 1 N–H and O–H groups in total. The molecule has 2 aromatic carbocycles. The van der Waals surface area contributed by atoms with Gasteiger partial charge < -0.3 is 0 Å². The fraction of sp³-hybridized carbons (Fsp3) is 0.118. The molecule has 4 nitrogen and oxygen atoms in total. The van der Waals surface area contributed by atoms with E-state index >= 15 is 0 Å². The number of rotatable bonds is 5. The van der Waals surface area contributed by atoms with E-state index in [4.69, 9.17) is 0 Å². The minimum atomic E-state index is -0.276. The number of nitrogens with one attached hydrogen (secondary N) is 1. The van der Waals surface area contributed by atoms with Crippen molar-refractivity contribution in [3.8, 4) is 0 Å². The van der Waals surface area contributed by atoms with Gasteiger partial charge in [-0.25, -0.2) is 10.4 Å². The predicted molar refractivity (Wildman–Crippen MR) is 105 cm³/mol. The quantitative estimate of drug-likeness (QED) is 0.370. The van der Waals surface area contributed by atoms with Gasteiger partial charge in [0.25, 0.3) is 5.91 Å². The maximum Gasteiger partial charge on any atom is 0.253 e. The number of thioether (sulfide) groups is 1. The van der Waals surface area contributed by atoms with Crippen LogP contribution >= 0.6 is 39.0 Å². The fourth-order valence-corrected chi connectivity index (χ4v) is 4.53. The van der Waals surface area contributed by atoms with Gasteiger partial charge in [0.2, 0.25) is 0 Å². The van der Waals surface area contributed by atoms with Crippen molar-refractivity contribution in [3.05, 3.63) is 58.6 Å². The first-order valence-electron chi connectivity index (χ1n) is 7.23. The molecule has 1 aromatic heterocycles. The number of thiazole rings is 1. The van der Waals surface area contributed by atoms with Crippen molar-refractivity contribution in [1.29, 1.82) is 0 Å². The van der Waals surface area contributed by atoms with Gasteiger partial charge in [0.15, 0.2) is 4.34 Å². The summed E-state index contributed by atoms with van der Waals surface area (Å²) in [5.41, 5.74) is 4.45. The highest BCUT2D eigenvalue weighted by Gasteiger charge is 2.16. The van der Waals surface area contributed by atoms with Crippen molar-refractivity contribution in [2.45, 2.75) is 16.5 Å². The summed E-state index contributed by atoms with van der Waals surface area (Å²) in [7, 11) is 0. The van der Waals surface area contributed by atoms with Crippen LogP contribution in [-0.4, -0.2) is 22.4 Å². The molecular formula is C17H14BrN3OS2. The predicted octanol–water partition coefficient (Wildman–Crippen LogP) is 4.69. The number of aromatic nitrogens is 1. The second kappa shape index (κ2) is 7.92. The van der Waals surface area contributed by atoms with Crippen LogP contribution in [0.4, 0.5) is 0 Å². The van der Waals surface area contributed by atoms with Crippen molar-refractivity contribution in [1.82, 2.24) is 10.4 Å². The average Bonchev–Trinajstić information content (AvgIpc) is 2.98. The molecule has 122 valence electrons. The summed E-state index contributed by atoms with van der Waals surface area (Å²) in [4.78, 5) is 16.7. The summed E-state index contributed by atoms with van der Waals surface area (Å²) in [6.07, 6.45) is 1.62. The Morgan fingerprint density at radius 2 is 2.04 bits per heavy atom. The standard InChI is InChI=1S/C17H14BrN3OS2/c1-11(23-17-20-14-8-4-5-9-15(14)24-17)16(22)21-19-10-12-6-2-3-7-13(12)18/h2-11H,1H3,(H,21,22)/b19-10+. The van der Waals surface area contributed by atoms with Gasteiger partial charge in [-0.1, -0.05) is 58.0 Å². The lowest BCUT2D eigenvalue weighted by Gasteiger charge is -2.06. The van der Waals surface area contributed by atoms with Crippen LogP contribution < -0.4 is 5.43 Å². The van der Waals surface area contributed by atoms with Crippen LogP contribution in [0.1, 0.15) is 12.5 Å². The van der Waals surface area contributed by atoms with Crippen molar-refractivity contribution in [2.24, 2.45) is 5.10 Å². The molecule has 0 saturated carbocycles. The number of amides is 1. The summed E-state index contributed by atoms with van der Waals surface area (Å²) in [6.45, 7) is 1.85. The third-order valence-electron chi connectivity index (χ3n) is 3.20. The highest BCUT2D eigenvalue weighted by atomic mass is 79.9. The molecule has 0 aliphatic heterocycles. The van der Waals surface area contributed by atoms with Crippen LogP contribution in [0.15, 0.2) is 62.4 Å². The molecule has 0 saturated heterocycles. The number of para-hydroxylation sites is 1. The van der Waals surface area contributed by atoms with Gasteiger partial charge >= 0.3 is 0 Å². The molecule has 24 heavy (non-hydrogen) atoms. The van der Waals surface area contributed by atoms with E-state index in [0.717, 1.165) is 24.6 Å². The highest BCUT2D eigenvalue weighted by Crippen LogP contribution is 2.31. The normalized spacial score (nSPS) is 12.6. The van der Waals surface area contributed by atoms with E-state index in [0.29, 0.717) is 0 Å². The summed E-state index contributed by atoms with van der Waals surface area (Å²) >= 11 is 6.47. The number of benzene rings is 2. The Hall–Kier alpha value is -1.70. The minimum absolute atomic E-state index is 0.150. The van der Waals surface area contributed by atoms with Crippen molar-refractivity contribution >= 4 is 61.4 Å². The number of fused-ring (bicyclic) bond motifs is 1. The lowest BCUT2D eigenvalue weighted by atomic mass is 10.2. The molecule has 0 bridgehead atoms. The molecule has 1 unspecified atom stereocenters. The SMILES string of the molecule is CC(Sc1nc2ccccc2s1)C(=O)N/N=C/c1ccccc1Br. The Kier molecular flexibility index (Phi) is 5.65. The molecule has 1 amide bonds. The van der Waals surface area contributed by atoms with Gasteiger partial charge in [0.05, 0.1) is 21.7 Å². The fourth-order valence-electron chi connectivity index (χ4n) is 1.94. The summed E-state index contributed by atoms with van der Waals surface area (Å²) in [5.74, 6) is -0.150. The lowest BCUT2D eigenvalue weighted by Crippen LogP contribution is -2.26. The van der Waals surface area contributed by atoms with E-state index < -0.39 is 0 Å². The zero-order chi connectivity index (χ0) is 16.9. The third kappa shape index (κ3) is 4.23. The summed E-state index contributed by atoms with van der Waals surface area (Å²) in [6, 6.07) is 15.6. The maximum absolute atomic E-state index is 12.2. The molecular weight excluding hydrogens is 406 g/mol. The van der Waals surface area contributed by atoms with E-state index in [1.807, 2.05) is 55.5 Å². The first-order chi connectivity index (χ1) is 11.6. The van der Waals surface area contributed by atoms with Crippen molar-refractivity contribution in [3.63, 3.8) is 0 Å². The van der Waals surface area contributed by atoms with Crippen LogP contribution in [-0.2, 0) is 4.79 Å². The van der Waals surface area contributed by atoms with Gasteiger partial charge in [0.1, 0.15) is 0 Å². The van der Waals surface area contributed by atoms with Crippen LogP contribution in [0, 0.1) is 0 Å². The topological polar surface area (TPSA) is 54.4 Å². The summed E-state index contributed by atoms with van der Waals surface area (Å²) in [5, 5.41) is 3.75. The second-order valence-corrected chi connectivity index (χ2v) is 8.44. The zero-order valence-corrected chi connectivity index (χ0v) is 16.0. The first-order valence-corrected chi connectivity index (χ1v) is 9.72. The Balaban J connectivity index is 1.59. The first kappa shape index (κ1) is 17.1. The molecule has 3 aromatic rings. The molecule has 1 heterocycles. The van der Waals surface area contributed by atoms with Crippen LogP contribution in [0.5, 0.6) is 0 Å². The lowest BCUT2D eigenvalue weighted by molar-refractivity contribution is -0.120. The number of halogens is 1. The second-order valence-electron chi connectivity index (χ2n) is 4.96. The van der Waals surface area contributed by atoms with E-state index in [1.165, 1.54) is 11.8 Å². The van der Waals surface area contributed by atoms with Gasteiger partial charge in [-0.15, -0.1) is 11.3 Å². The number of carbonyl (C=O) groups excluding carboxylic acids is 1. The number of nitrogens with zero attached hydrogens (tertiary/aromatic N) is 2. The molecule has 0 aliphatic carbocycles. The van der Waals surface area contributed by atoms with Crippen LogP contribution in [0.2, 0.25) is 0 Å². The largest absolute Gasteiger partial charge is 0.272 e. The molecule has 0 radical (unpaired) electrons. The minimum Gasteiger partial charge on any atom is -0.272 e. The van der Waals surface area contributed by atoms with Gasteiger partial charge in [0, 0.05) is 10.0 Å². The van der Waals surface area contributed by atoms with Crippen LogP contribution in [0.25, 0.3) is 10.2 Å². The van der Waals surface area contributed by atoms with E-state index in [9.17, 15) is 4.79 Å². The Morgan fingerprint density at radius 1 is 1.29 bits per heavy atom. The van der Waals surface area contributed by atoms with Gasteiger partial charge in [-0.3, -0.25) is 4.79 Å². The van der Waals surface area contributed by atoms with Crippen molar-refractivity contribution in [2.75, 3.05) is 0 Å². The molecule has 7 heteroatoms. The highest BCUT2D eigenvalue weighted by molar-refractivity contribution is 9.10. The van der Waals surface area contributed by atoms with E-state index in [-0.39, 0.29) is 11.2 Å². The van der Waals surface area contributed by atoms with Crippen molar-refractivity contribution < 1.29 is 4.79 Å². The molecule has 0 fully saturated rings. The number of hydrogen-bond donors (Lipinski definition) is 1. The number of hydrogen-bond acceptors (Lipinski definition) is 5. The average molecular weight is 420 g/mol. The zero-order valence-electron chi connectivity index (χ0n) is 12.8. The Bertz CT molecular complexity index is 861. The Morgan fingerprint density at radius 3 is 2.83 bits per heavy atom. The van der Waals surface area contributed by atoms with E-state index in [2.05, 4.69) is 31.4 Å². The maximum atomic E-state index is 12.2. The number of carbonyl (C=O) groups is 1. The van der Waals surface area contributed by atoms with Gasteiger partial charge in [-0.05, 0) is 25.1 Å². The molecule has 0 aliphatic rings. The smallest absolute Gasteiger partial charge is 0.253 e. The Labute approximate surface area is 156 Å².